The highest BCUT2D eigenvalue weighted by Crippen LogP contribution is 2.38. The zero-order valence-electron chi connectivity index (χ0n) is 24.2. The van der Waals surface area contributed by atoms with Crippen LogP contribution in [0.5, 0.6) is 0 Å². The lowest BCUT2D eigenvalue weighted by atomic mass is 9.85. The van der Waals surface area contributed by atoms with E-state index in [1.165, 1.54) is 31.0 Å². The molecule has 0 saturated heterocycles. The molecule has 1 aliphatic rings. The average Bonchev–Trinajstić information content (AvgIpc) is 3.43. The minimum absolute atomic E-state index is 0.297. The second kappa shape index (κ2) is 13.9. The Hall–Kier alpha value is -4.76. The summed E-state index contributed by atoms with van der Waals surface area (Å²) in [4.78, 5) is 37.6. The van der Waals surface area contributed by atoms with Crippen LogP contribution in [0.2, 0.25) is 0 Å². The van der Waals surface area contributed by atoms with Gasteiger partial charge in [-0.2, -0.15) is 5.10 Å². The summed E-state index contributed by atoms with van der Waals surface area (Å²) in [5.74, 6) is -1.08. The minimum Gasteiger partial charge on any atom is -0.463 e. The molecule has 1 saturated carbocycles. The van der Waals surface area contributed by atoms with Gasteiger partial charge in [-0.05, 0) is 67.8 Å². The lowest BCUT2D eigenvalue weighted by Crippen LogP contribution is -2.46. The van der Waals surface area contributed by atoms with Crippen molar-refractivity contribution in [1.29, 1.82) is 0 Å². The average molecular weight is 581 g/mol. The predicted molar refractivity (Wildman–Crippen MR) is 166 cm³/mol. The molecule has 222 valence electrons. The Morgan fingerprint density at radius 2 is 1.77 bits per heavy atom. The lowest BCUT2D eigenvalue weighted by Gasteiger charge is -2.23. The summed E-state index contributed by atoms with van der Waals surface area (Å²) < 4.78 is 6.87. The molecule has 0 aliphatic heterocycles. The number of hydrogen-bond acceptors (Lipinski definition) is 6. The summed E-state index contributed by atoms with van der Waals surface area (Å²) in [6, 6.07) is 21.1. The van der Waals surface area contributed by atoms with E-state index in [0.717, 1.165) is 29.5 Å². The van der Waals surface area contributed by atoms with Crippen LogP contribution in [0.15, 0.2) is 78.9 Å². The van der Waals surface area contributed by atoms with E-state index >= 15 is 0 Å². The molecule has 9 heteroatoms. The Kier molecular flexibility index (Phi) is 9.63. The summed E-state index contributed by atoms with van der Waals surface area (Å²) in [5.41, 5.74) is 4.43. The first-order valence-electron chi connectivity index (χ1n) is 14.7. The number of nitrogens with one attached hydrogen (secondary N) is 2. The topological polar surface area (TPSA) is 123 Å². The van der Waals surface area contributed by atoms with Crippen LogP contribution in [0.3, 0.4) is 0 Å². The van der Waals surface area contributed by atoms with Gasteiger partial charge in [-0.3, -0.25) is 9.59 Å². The number of fused-ring (bicyclic) bond motifs is 1. The number of esters is 1. The van der Waals surface area contributed by atoms with Crippen molar-refractivity contribution in [3.8, 4) is 5.69 Å². The van der Waals surface area contributed by atoms with Gasteiger partial charge >= 0.3 is 5.97 Å². The normalized spacial score (nSPS) is 14.5. The Morgan fingerprint density at radius 1 is 1.02 bits per heavy atom. The number of aliphatic hydroxyl groups is 1. The number of amides is 2. The van der Waals surface area contributed by atoms with Crippen LogP contribution in [0.25, 0.3) is 22.7 Å². The van der Waals surface area contributed by atoms with Gasteiger partial charge in [0, 0.05) is 28.6 Å². The number of carbonyl (C=O) groups is 3. The standard InChI is InChI=1S/C34H36N4O5/c1-2-43-31(40)20-15-23-13-17-26(18-14-23)35-34(42)30(22-39)36-33(41)25-16-19-28-29(21-25)37-38(27-11-7-4-8-12-27)32(28)24-9-5-3-6-10-24/h4,7-8,11-21,24,30,39H,2-3,5-6,9-10,22H2,1H3,(H,35,42)(H,36,41)/b20-15+/t30-/m0/s1. The highest BCUT2D eigenvalue weighted by Gasteiger charge is 2.25. The van der Waals surface area contributed by atoms with Crippen LogP contribution in [0.4, 0.5) is 5.69 Å². The van der Waals surface area contributed by atoms with Gasteiger partial charge in [-0.1, -0.05) is 55.7 Å². The number of aromatic nitrogens is 2. The maximum Gasteiger partial charge on any atom is 0.330 e. The predicted octanol–water partition coefficient (Wildman–Crippen LogP) is 5.38. The van der Waals surface area contributed by atoms with Gasteiger partial charge in [0.25, 0.3) is 5.91 Å². The van der Waals surface area contributed by atoms with E-state index < -0.39 is 30.4 Å². The van der Waals surface area contributed by atoms with Gasteiger partial charge in [0.05, 0.1) is 30.1 Å². The molecule has 5 rings (SSSR count). The molecule has 4 aromatic rings. The Bertz CT molecular complexity index is 1610. The van der Waals surface area contributed by atoms with Gasteiger partial charge in [0.2, 0.25) is 5.91 Å². The Morgan fingerprint density at radius 3 is 2.47 bits per heavy atom. The van der Waals surface area contributed by atoms with Gasteiger partial charge in [-0.15, -0.1) is 0 Å². The molecule has 1 aliphatic carbocycles. The summed E-state index contributed by atoms with van der Waals surface area (Å²) in [6.07, 6.45) is 8.78. The molecule has 2 amide bonds. The fourth-order valence-electron chi connectivity index (χ4n) is 5.48. The summed E-state index contributed by atoms with van der Waals surface area (Å²) in [5, 5.41) is 21.2. The van der Waals surface area contributed by atoms with Crippen molar-refractivity contribution in [2.24, 2.45) is 0 Å². The SMILES string of the molecule is CCOC(=O)/C=C/c1ccc(NC(=O)[C@H](CO)NC(=O)c2ccc3c(C4CCCCC4)n(-c4ccccc4)nc3c2)cc1. The maximum absolute atomic E-state index is 13.2. The smallest absolute Gasteiger partial charge is 0.330 e. The van der Waals surface area contributed by atoms with Crippen LogP contribution in [0, 0.1) is 0 Å². The zero-order chi connectivity index (χ0) is 30.2. The first-order chi connectivity index (χ1) is 21.0. The fraction of sp³-hybridized carbons (Fsp3) is 0.294. The number of para-hydroxylation sites is 1. The van der Waals surface area contributed by atoms with Crippen molar-refractivity contribution in [2.75, 3.05) is 18.5 Å². The Balaban J connectivity index is 1.30. The van der Waals surface area contributed by atoms with E-state index in [9.17, 15) is 19.5 Å². The molecule has 1 heterocycles. The van der Waals surface area contributed by atoms with E-state index in [2.05, 4.69) is 10.6 Å². The second-order valence-electron chi connectivity index (χ2n) is 10.6. The molecule has 0 radical (unpaired) electrons. The van der Waals surface area contributed by atoms with Crippen LogP contribution in [-0.4, -0.2) is 51.9 Å². The highest BCUT2D eigenvalue weighted by atomic mass is 16.5. The van der Waals surface area contributed by atoms with E-state index in [4.69, 9.17) is 9.84 Å². The van der Waals surface area contributed by atoms with Gasteiger partial charge < -0.3 is 20.5 Å². The van der Waals surface area contributed by atoms with Crippen LogP contribution < -0.4 is 10.6 Å². The number of anilines is 1. The molecule has 1 atom stereocenters. The van der Waals surface area contributed by atoms with Crippen molar-refractivity contribution in [3.05, 3.63) is 95.7 Å². The molecule has 1 fully saturated rings. The first-order valence-corrected chi connectivity index (χ1v) is 14.7. The zero-order valence-corrected chi connectivity index (χ0v) is 24.2. The molecular formula is C34H36N4O5. The van der Waals surface area contributed by atoms with Crippen molar-refractivity contribution in [1.82, 2.24) is 15.1 Å². The van der Waals surface area contributed by atoms with Crippen molar-refractivity contribution in [3.63, 3.8) is 0 Å². The monoisotopic (exact) mass is 580 g/mol. The van der Waals surface area contributed by atoms with Crippen LogP contribution in [0.1, 0.15) is 66.6 Å². The van der Waals surface area contributed by atoms with Gasteiger partial charge in [-0.25, -0.2) is 9.48 Å². The number of benzene rings is 3. The minimum atomic E-state index is -1.16. The third kappa shape index (κ3) is 7.18. The molecule has 0 unspecified atom stereocenters. The molecule has 3 N–H and O–H groups in total. The number of aliphatic hydroxyl groups excluding tert-OH is 1. The maximum atomic E-state index is 13.2. The van der Waals surface area contributed by atoms with Gasteiger partial charge in [0.15, 0.2) is 0 Å². The lowest BCUT2D eigenvalue weighted by molar-refractivity contribution is -0.137. The van der Waals surface area contributed by atoms with E-state index in [1.54, 1.807) is 49.4 Å². The summed E-state index contributed by atoms with van der Waals surface area (Å²) in [6.45, 7) is 1.46. The van der Waals surface area contributed by atoms with Gasteiger partial charge in [0.1, 0.15) is 6.04 Å². The molecular weight excluding hydrogens is 544 g/mol. The number of hydrogen-bond donors (Lipinski definition) is 3. The quantitative estimate of drug-likeness (QED) is 0.171. The summed E-state index contributed by atoms with van der Waals surface area (Å²) in [7, 11) is 0. The molecule has 9 nitrogen and oxygen atoms in total. The fourth-order valence-corrected chi connectivity index (χ4v) is 5.48. The van der Waals surface area contributed by atoms with E-state index in [1.807, 2.05) is 41.1 Å². The molecule has 1 aromatic heterocycles. The van der Waals surface area contributed by atoms with E-state index in [-0.39, 0.29) is 0 Å². The number of ether oxygens (including phenoxy) is 1. The highest BCUT2D eigenvalue weighted by molar-refractivity contribution is 6.03. The molecule has 0 bridgehead atoms. The number of nitrogens with zero attached hydrogens (tertiary/aromatic N) is 2. The number of carbonyl (C=O) groups excluding carboxylic acids is 3. The Labute approximate surface area is 250 Å². The third-order valence-electron chi connectivity index (χ3n) is 7.65. The van der Waals surface area contributed by atoms with Crippen LogP contribution >= 0.6 is 0 Å². The van der Waals surface area contributed by atoms with Crippen molar-refractivity contribution in [2.45, 2.75) is 51.0 Å². The van der Waals surface area contributed by atoms with E-state index in [0.29, 0.717) is 29.3 Å². The molecule has 43 heavy (non-hydrogen) atoms. The molecule has 3 aromatic carbocycles. The van der Waals surface area contributed by atoms with Crippen LogP contribution in [-0.2, 0) is 14.3 Å². The molecule has 0 spiro atoms. The second-order valence-corrected chi connectivity index (χ2v) is 10.6. The first kappa shape index (κ1) is 29.7. The van der Waals surface area contributed by atoms with Crippen molar-refractivity contribution < 1.29 is 24.2 Å². The largest absolute Gasteiger partial charge is 0.463 e. The summed E-state index contributed by atoms with van der Waals surface area (Å²) >= 11 is 0. The third-order valence-corrected chi connectivity index (χ3v) is 7.65. The number of rotatable bonds is 10. The van der Waals surface area contributed by atoms with Crippen molar-refractivity contribution >= 4 is 40.4 Å².